The summed E-state index contributed by atoms with van der Waals surface area (Å²) in [6.07, 6.45) is 0.861. The van der Waals surface area contributed by atoms with Crippen LogP contribution in [-0.2, 0) is 17.8 Å². The smallest absolute Gasteiger partial charge is 0.221 e. The topological polar surface area (TPSA) is 74.8 Å². The number of guanidine groups is 1. The summed E-state index contributed by atoms with van der Waals surface area (Å²) >= 11 is 0. The SMILES string of the molecule is CN=C(NCCc1ccc(NC(C)=O)cc1)NCc1cccc(OC)c1. The Morgan fingerprint density at radius 1 is 1.08 bits per heavy atom. The molecule has 2 aromatic rings. The van der Waals surface area contributed by atoms with Crippen LogP contribution >= 0.6 is 0 Å². The van der Waals surface area contributed by atoms with Gasteiger partial charge in [0.15, 0.2) is 5.96 Å². The van der Waals surface area contributed by atoms with Gasteiger partial charge in [-0.2, -0.15) is 0 Å². The quantitative estimate of drug-likeness (QED) is 0.528. The molecule has 1 amide bonds. The number of methoxy groups -OCH3 is 1. The Balaban J connectivity index is 1.77. The van der Waals surface area contributed by atoms with Gasteiger partial charge in [-0.3, -0.25) is 9.79 Å². The molecule has 2 rings (SSSR count). The van der Waals surface area contributed by atoms with E-state index in [9.17, 15) is 4.79 Å². The second-order valence-electron chi connectivity index (χ2n) is 5.83. The van der Waals surface area contributed by atoms with Crippen LogP contribution in [0.1, 0.15) is 18.1 Å². The van der Waals surface area contributed by atoms with Gasteiger partial charge in [0, 0.05) is 32.7 Å². The molecule has 0 atom stereocenters. The van der Waals surface area contributed by atoms with Crippen molar-refractivity contribution < 1.29 is 9.53 Å². The molecule has 26 heavy (non-hydrogen) atoms. The second-order valence-corrected chi connectivity index (χ2v) is 5.83. The van der Waals surface area contributed by atoms with Crippen molar-refractivity contribution in [3.05, 3.63) is 59.7 Å². The summed E-state index contributed by atoms with van der Waals surface area (Å²) in [6, 6.07) is 15.8. The number of ether oxygens (including phenoxy) is 1. The highest BCUT2D eigenvalue weighted by atomic mass is 16.5. The lowest BCUT2D eigenvalue weighted by Gasteiger charge is -2.12. The summed E-state index contributed by atoms with van der Waals surface area (Å²) in [7, 11) is 3.42. The van der Waals surface area contributed by atoms with Crippen molar-refractivity contribution in [3.8, 4) is 5.75 Å². The van der Waals surface area contributed by atoms with Crippen molar-refractivity contribution in [2.24, 2.45) is 4.99 Å². The first-order valence-electron chi connectivity index (χ1n) is 8.54. The van der Waals surface area contributed by atoms with Gasteiger partial charge in [-0.25, -0.2) is 0 Å². The number of nitrogens with zero attached hydrogens (tertiary/aromatic N) is 1. The van der Waals surface area contributed by atoms with Crippen LogP contribution in [0.15, 0.2) is 53.5 Å². The number of carbonyl (C=O) groups is 1. The van der Waals surface area contributed by atoms with Crippen molar-refractivity contribution in [2.75, 3.05) is 26.0 Å². The number of carbonyl (C=O) groups excluding carboxylic acids is 1. The zero-order valence-electron chi connectivity index (χ0n) is 15.5. The third-order valence-corrected chi connectivity index (χ3v) is 3.80. The molecule has 0 aliphatic heterocycles. The zero-order chi connectivity index (χ0) is 18.8. The standard InChI is InChI=1S/C20H26N4O2/c1-15(25)24-18-9-7-16(8-10-18)11-12-22-20(21-2)23-14-17-5-4-6-19(13-17)26-3/h4-10,13H,11-12,14H2,1-3H3,(H,24,25)(H2,21,22,23). The molecule has 0 fully saturated rings. The summed E-state index contributed by atoms with van der Waals surface area (Å²) in [5, 5.41) is 9.35. The first-order chi connectivity index (χ1) is 12.6. The van der Waals surface area contributed by atoms with Gasteiger partial charge >= 0.3 is 0 Å². The van der Waals surface area contributed by atoms with E-state index in [1.54, 1.807) is 14.2 Å². The lowest BCUT2D eigenvalue weighted by molar-refractivity contribution is -0.114. The van der Waals surface area contributed by atoms with Crippen LogP contribution in [-0.4, -0.2) is 32.6 Å². The van der Waals surface area contributed by atoms with Gasteiger partial charge in [0.05, 0.1) is 7.11 Å². The number of hydrogen-bond acceptors (Lipinski definition) is 3. The first kappa shape index (κ1) is 19.3. The largest absolute Gasteiger partial charge is 0.497 e. The van der Waals surface area contributed by atoms with E-state index in [1.807, 2.05) is 48.5 Å². The van der Waals surface area contributed by atoms with Gasteiger partial charge in [-0.05, 0) is 41.8 Å². The minimum absolute atomic E-state index is 0.0645. The molecule has 0 radical (unpaired) electrons. The van der Waals surface area contributed by atoms with Crippen LogP contribution in [0.2, 0.25) is 0 Å². The van der Waals surface area contributed by atoms with Crippen molar-refractivity contribution in [3.63, 3.8) is 0 Å². The van der Waals surface area contributed by atoms with E-state index < -0.39 is 0 Å². The maximum atomic E-state index is 11.0. The van der Waals surface area contributed by atoms with E-state index in [1.165, 1.54) is 12.5 Å². The minimum Gasteiger partial charge on any atom is -0.497 e. The molecule has 0 heterocycles. The summed E-state index contributed by atoms with van der Waals surface area (Å²) in [4.78, 5) is 15.3. The second kappa shape index (κ2) is 10.1. The Morgan fingerprint density at radius 3 is 2.50 bits per heavy atom. The predicted octanol–water partition coefficient (Wildman–Crippen LogP) is 2.56. The molecule has 0 aliphatic carbocycles. The van der Waals surface area contributed by atoms with Crippen molar-refractivity contribution in [1.82, 2.24) is 10.6 Å². The molecular weight excluding hydrogens is 328 g/mol. The molecular formula is C20H26N4O2. The van der Waals surface area contributed by atoms with Gasteiger partial charge in [0.25, 0.3) is 0 Å². The fraction of sp³-hybridized carbons (Fsp3) is 0.300. The molecule has 0 saturated carbocycles. The summed E-state index contributed by atoms with van der Waals surface area (Å²) in [6.45, 7) is 2.93. The summed E-state index contributed by atoms with van der Waals surface area (Å²) in [5.74, 6) is 1.53. The normalized spacial score (nSPS) is 11.0. The Bertz CT molecular complexity index is 742. The van der Waals surface area contributed by atoms with Gasteiger partial charge in [-0.1, -0.05) is 24.3 Å². The van der Waals surface area contributed by atoms with E-state index in [-0.39, 0.29) is 5.91 Å². The maximum Gasteiger partial charge on any atom is 0.221 e. The van der Waals surface area contributed by atoms with Crippen LogP contribution < -0.4 is 20.7 Å². The van der Waals surface area contributed by atoms with Crippen molar-refractivity contribution in [1.29, 1.82) is 0 Å². The average molecular weight is 354 g/mol. The van der Waals surface area contributed by atoms with Crippen molar-refractivity contribution >= 4 is 17.6 Å². The molecule has 0 spiro atoms. The number of rotatable bonds is 7. The Hall–Kier alpha value is -3.02. The van der Waals surface area contributed by atoms with Gasteiger partial charge in [0.1, 0.15) is 5.75 Å². The molecule has 0 saturated heterocycles. The molecule has 0 bridgehead atoms. The Labute approximate surface area is 154 Å². The number of amides is 1. The molecule has 3 N–H and O–H groups in total. The third kappa shape index (κ3) is 6.47. The van der Waals surface area contributed by atoms with Crippen LogP contribution in [0.4, 0.5) is 5.69 Å². The van der Waals surface area contributed by atoms with Crippen molar-refractivity contribution in [2.45, 2.75) is 19.9 Å². The molecule has 0 unspecified atom stereocenters. The average Bonchev–Trinajstić information content (AvgIpc) is 2.65. The highest BCUT2D eigenvalue weighted by Crippen LogP contribution is 2.12. The minimum atomic E-state index is -0.0645. The lowest BCUT2D eigenvalue weighted by Crippen LogP contribution is -2.37. The van der Waals surface area contributed by atoms with Gasteiger partial charge < -0.3 is 20.7 Å². The molecule has 0 aromatic heterocycles. The van der Waals surface area contributed by atoms with Gasteiger partial charge in [-0.15, -0.1) is 0 Å². The highest BCUT2D eigenvalue weighted by molar-refractivity contribution is 5.88. The van der Waals surface area contributed by atoms with E-state index >= 15 is 0 Å². The van der Waals surface area contributed by atoms with Gasteiger partial charge in [0.2, 0.25) is 5.91 Å². The zero-order valence-corrected chi connectivity index (χ0v) is 15.5. The van der Waals surface area contributed by atoms with E-state index in [2.05, 4.69) is 20.9 Å². The van der Waals surface area contributed by atoms with E-state index in [0.29, 0.717) is 6.54 Å². The fourth-order valence-electron chi connectivity index (χ4n) is 2.47. The number of nitrogens with one attached hydrogen (secondary N) is 3. The number of benzene rings is 2. The third-order valence-electron chi connectivity index (χ3n) is 3.80. The van der Waals surface area contributed by atoms with Crippen LogP contribution in [0.5, 0.6) is 5.75 Å². The molecule has 138 valence electrons. The molecule has 2 aromatic carbocycles. The van der Waals surface area contributed by atoms with Crippen LogP contribution in [0.3, 0.4) is 0 Å². The first-order valence-corrected chi connectivity index (χ1v) is 8.54. The molecule has 6 heteroatoms. The number of aliphatic imine (C=N–C) groups is 1. The van der Waals surface area contributed by atoms with Crippen LogP contribution in [0.25, 0.3) is 0 Å². The van der Waals surface area contributed by atoms with Crippen LogP contribution in [0, 0.1) is 0 Å². The lowest BCUT2D eigenvalue weighted by atomic mass is 10.1. The molecule has 0 aliphatic rings. The number of anilines is 1. The highest BCUT2D eigenvalue weighted by Gasteiger charge is 2.01. The van der Waals surface area contributed by atoms with E-state index in [0.717, 1.165) is 35.9 Å². The van der Waals surface area contributed by atoms with E-state index in [4.69, 9.17) is 4.74 Å². The Morgan fingerprint density at radius 2 is 1.85 bits per heavy atom. The fourth-order valence-corrected chi connectivity index (χ4v) is 2.47. The summed E-state index contributed by atoms with van der Waals surface area (Å²) in [5.41, 5.74) is 3.13. The Kier molecular flexibility index (Phi) is 7.49. The maximum absolute atomic E-state index is 11.0. The molecule has 6 nitrogen and oxygen atoms in total. The number of hydrogen-bond donors (Lipinski definition) is 3. The summed E-state index contributed by atoms with van der Waals surface area (Å²) < 4.78 is 5.23. The monoisotopic (exact) mass is 354 g/mol. The predicted molar refractivity (Wildman–Crippen MR) is 106 cm³/mol.